The van der Waals surface area contributed by atoms with Gasteiger partial charge in [0.1, 0.15) is 0 Å². The van der Waals surface area contributed by atoms with Crippen LogP contribution in [0.5, 0.6) is 0 Å². The van der Waals surface area contributed by atoms with E-state index < -0.39 is 0 Å². The summed E-state index contributed by atoms with van der Waals surface area (Å²) in [6.45, 7) is 7.24. The van der Waals surface area contributed by atoms with Gasteiger partial charge in [0.05, 0.1) is 10.3 Å². The molecule has 0 amide bonds. The third-order valence-corrected chi connectivity index (χ3v) is 9.88. The van der Waals surface area contributed by atoms with Crippen molar-refractivity contribution >= 4 is 23.2 Å². The highest BCUT2D eigenvalue weighted by atomic mass is 35.5. The van der Waals surface area contributed by atoms with Gasteiger partial charge in [-0.25, -0.2) is 0 Å². The Bertz CT molecular complexity index is 564. The first-order valence-corrected chi connectivity index (χ1v) is 10.4. The molecule has 128 valence electrons. The Balaban J connectivity index is 1.80. The molecule has 0 saturated heterocycles. The van der Waals surface area contributed by atoms with Gasteiger partial charge < -0.3 is 0 Å². The van der Waals surface area contributed by atoms with Crippen LogP contribution in [0.2, 0.25) is 0 Å². The summed E-state index contributed by atoms with van der Waals surface area (Å²) < 4.78 is 0. The molecule has 4 aliphatic rings. The number of hydrogen-bond donors (Lipinski definition) is 0. The van der Waals surface area contributed by atoms with Crippen molar-refractivity contribution in [2.75, 3.05) is 0 Å². The van der Waals surface area contributed by atoms with Gasteiger partial charge in [-0.3, -0.25) is 0 Å². The molecular weight excluding hydrogens is 323 g/mol. The van der Waals surface area contributed by atoms with Crippen molar-refractivity contribution in [3.8, 4) is 0 Å². The molecule has 4 aliphatic carbocycles. The quantitative estimate of drug-likeness (QED) is 0.362. The molecule has 0 bridgehead atoms. The Hall–Kier alpha value is 0.0600. The minimum Gasteiger partial charge on any atom is -0.121 e. The Labute approximate surface area is 151 Å². The van der Waals surface area contributed by atoms with Gasteiger partial charge in [-0.05, 0) is 61.7 Å². The molecule has 0 heterocycles. The highest BCUT2D eigenvalue weighted by Gasteiger charge is 2.68. The van der Waals surface area contributed by atoms with Crippen molar-refractivity contribution in [3.63, 3.8) is 0 Å². The molecule has 3 saturated carbocycles. The number of fused-ring (bicyclic) bond motifs is 5. The number of rotatable bonds is 1. The first-order valence-electron chi connectivity index (χ1n) is 9.58. The topological polar surface area (TPSA) is 0 Å². The second kappa shape index (κ2) is 5.28. The van der Waals surface area contributed by atoms with Crippen LogP contribution >= 0.6 is 23.2 Å². The molecule has 7 atom stereocenters. The van der Waals surface area contributed by atoms with Crippen LogP contribution in [0.1, 0.15) is 65.7 Å². The molecule has 4 rings (SSSR count). The van der Waals surface area contributed by atoms with E-state index in [4.69, 9.17) is 23.2 Å². The third-order valence-electron chi connectivity index (χ3n) is 8.34. The Morgan fingerprint density at radius 2 is 1.96 bits per heavy atom. The zero-order valence-corrected chi connectivity index (χ0v) is 16.3. The first kappa shape index (κ1) is 16.5. The van der Waals surface area contributed by atoms with Gasteiger partial charge >= 0.3 is 0 Å². The van der Waals surface area contributed by atoms with Crippen LogP contribution in [0, 0.1) is 28.6 Å². The molecule has 1 unspecified atom stereocenters. The number of alkyl halides is 2. The van der Waals surface area contributed by atoms with Crippen LogP contribution in [0.15, 0.2) is 23.8 Å². The van der Waals surface area contributed by atoms with Crippen molar-refractivity contribution in [1.82, 2.24) is 0 Å². The van der Waals surface area contributed by atoms with Gasteiger partial charge in [-0.15, -0.1) is 23.2 Å². The predicted octanol–water partition coefficient (Wildman–Crippen LogP) is 6.72. The van der Waals surface area contributed by atoms with E-state index in [0.29, 0.717) is 11.3 Å². The maximum absolute atomic E-state index is 7.54. The van der Waals surface area contributed by atoms with E-state index in [2.05, 4.69) is 39.0 Å². The summed E-state index contributed by atoms with van der Waals surface area (Å²) in [4.78, 5) is -0.303. The van der Waals surface area contributed by atoms with Crippen molar-refractivity contribution in [2.24, 2.45) is 28.6 Å². The minimum atomic E-state index is -0.303. The number of allylic oxidation sites excluding steroid dienone is 4. The predicted molar refractivity (Wildman–Crippen MR) is 100 cm³/mol. The van der Waals surface area contributed by atoms with Crippen molar-refractivity contribution < 1.29 is 0 Å². The smallest absolute Gasteiger partial charge is 0.0765 e. The first-order chi connectivity index (χ1) is 10.9. The Morgan fingerprint density at radius 1 is 1.17 bits per heavy atom. The van der Waals surface area contributed by atoms with Crippen molar-refractivity contribution in [2.45, 2.75) is 76.0 Å². The SMILES string of the molecule is CC[C@H]1CC[C@H]2[C@@H]3CCC4=CCC=C[C@]4(C)[C@@]3(Cl)C(Cl)C[C@]12C. The zero-order valence-electron chi connectivity index (χ0n) is 14.7. The molecule has 0 radical (unpaired) electrons. The summed E-state index contributed by atoms with van der Waals surface area (Å²) in [5.41, 5.74) is 1.90. The van der Waals surface area contributed by atoms with Crippen molar-refractivity contribution in [3.05, 3.63) is 23.8 Å². The summed E-state index contributed by atoms with van der Waals surface area (Å²) in [5, 5.41) is 0.0685. The van der Waals surface area contributed by atoms with E-state index in [0.717, 1.165) is 24.7 Å². The fraction of sp³-hybridized carbons (Fsp3) is 0.810. The molecule has 0 aromatic heterocycles. The number of hydrogen-bond acceptors (Lipinski definition) is 0. The van der Waals surface area contributed by atoms with E-state index in [9.17, 15) is 0 Å². The molecule has 3 fully saturated rings. The van der Waals surface area contributed by atoms with Crippen LogP contribution in [0.4, 0.5) is 0 Å². The van der Waals surface area contributed by atoms with Gasteiger partial charge in [0.25, 0.3) is 0 Å². The zero-order chi connectivity index (χ0) is 16.5. The molecule has 2 heteroatoms. The van der Waals surface area contributed by atoms with Crippen LogP contribution < -0.4 is 0 Å². The van der Waals surface area contributed by atoms with Crippen LogP contribution in [-0.4, -0.2) is 10.3 Å². The second-order valence-electron chi connectivity index (χ2n) is 8.95. The highest BCUT2D eigenvalue weighted by molar-refractivity contribution is 6.33. The minimum absolute atomic E-state index is 0.0478. The molecule has 0 aliphatic heterocycles. The van der Waals surface area contributed by atoms with E-state index >= 15 is 0 Å². The Morgan fingerprint density at radius 3 is 2.70 bits per heavy atom. The van der Waals surface area contributed by atoms with Crippen LogP contribution in [0.3, 0.4) is 0 Å². The molecule has 0 nitrogen and oxygen atoms in total. The highest BCUT2D eigenvalue weighted by Crippen LogP contribution is 2.70. The number of halogens is 2. The van der Waals surface area contributed by atoms with E-state index in [1.165, 1.54) is 32.1 Å². The van der Waals surface area contributed by atoms with Gasteiger partial charge in [0.15, 0.2) is 0 Å². The van der Waals surface area contributed by atoms with Gasteiger partial charge in [0, 0.05) is 5.41 Å². The lowest BCUT2D eigenvalue weighted by Gasteiger charge is -2.63. The van der Waals surface area contributed by atoms with Gasteiger partial charge in [0.2, 0.25) is 0 Å². The monoisotopic (exact) mass is 352 g/mol. The third kappa shape index (κ3) is 1.92. The van der Waals surface area contributed by atoms with Gasteiger partial charge in [-0.2, -0.15) is 0 Å². The molecular formula is C21H30Cl2. The molecule has 0 aromatic carbocycles. The lowest BCUT2D eigenvalue weighted by Crippen LogP contribution is -2.64. The molecule has 23 heavy (non-hydrogen) atoms. The van der Waals surface area contributed by atoms with Gasteiger partial charge in [-0.1, -0.05) is 51.0 Å². The summed E-state index contributed by atoms with van der Waals surface area (Å²) >= 11 is 14.7. The van der Waals surface area contributed by atoms with Crippen LogP contribution in [-0.2, 0) is 0 Å². The lowest BCUT2D eigenvalue weighted by molar-refractivity contribution is -0.0151. The summed E-state index contributed by atoms with van der Waals surface area (Å²) in [6, 6.07) is 0. The normalized spacial score (nSPS) is 54.9. The largest absolute Gasteiger partial charge is 0.121 e. The average Bonchev–Trinajstić information content (AvgIpc) is 2.84. The summed E-state index contributed by atoms with van der Waals surface area (Å²) in [6.07, 6.45) is 15.7. The maximum atomic E-state index is 7.54. The van der Waals surface area contributed by atoms with E-state index in [1.54, 1.807) is 5.57 Å². The molecule has 0 N–H and O–H groups in total. The van der Waals surface area contributed by atoms with E-state index in [-0.39, 0.29) is 15.7 Å². The standard InChI is InChI=1S/C21H30Cl2/c1-4-14-8-10-16-17-11-9-15-7-5-6-12-20(15,3)21(17,23)18(22)13-19(14,16)2/h6-7,12,14,16-18H,4-5,8-11,13H2,1-3H3/t14-,16-,17-,18?,19+,20-,21-/m0/s1. The fourth-order valence-corrected chi connectivity index (χ4v) is 8.30. The average molecular weight is 353 g/mol. The molecule has 0 spiro atoms. The lowest BCUT2D eigenvalue weighted by atomic mass is 9.47. The summed E-state index contributed by atoms with van der Waals surface area (Å²) in [5.74, 6) is 2.15. The Kier molecular flexibility index (Phi) is 3.79. The van der Waals surface area contributed by atoms with Crippen molar-refractivity contribution in [1.29, 1.82) is 0 Å². The maximum Gasteiger partial charge on any atom is 0.0765 e. The molecule has 0 aromatic rings. The fourth-order valence-electron chi connectivity index (χ4n) is 7.05. The summed E-state index contributed by atoms with van der Waals surface area (Å²) in [7, 11) is 0. The van der Waals surface area contributed by atoms with E-state index in [1.807, 2.05) is 0 Å². The van der Waals surface area contributed by atoms with Crippen LogP contribution in [0.25, 0.3) is 0 Å². The second-order valence-corrected chi connectivity index (χ2v) is 10.1.